The highest BCUT2D eigenvalue weighted by molar-refractivity contribution is 5.79. The second-order valence-electron chi connectivity index (χ2n) is 8.03. The molecule has 0 radical (unpaired) electrons. The maximum absolute atomic E-state index is 11.9. The van der Waals surface area contributed by atoms with E-state index < -0.39 is 23.7 Å². The Bertz CT molecular complexity index is 752. The number of hydrogen-bond donors (Lipinski definition) is 2. The van der Waals surface area contributed by atoms with E-state index in [1.807, 2.05) is 36.4 Å². The van der Waals surface area contributed by atoms with Gasteiger partial charge in [-0.1, -0.05) is 12.1 Å². The predicted molar refractivity (Wildman–Crippen MR) is 113 cm³/mol. The van der Waals surface area contributed by atoms with Crippen LogP contribution in [0, 0.1) is 0 Å². The third-order valence-electron chi connectivity index (χ3n) is 4.18. The summed E-state index contributed by atoms with van der Waals surface area (Å²) in [5.74, 6) is -1.08. The molecule has 0 aliphatic rings. The van der Waals surface area contributed by atoms with Gasteiger partial charge in [-0.2, -0.15) is 0 Å². The van der Waals surface area contributed by atoms with E-state index in [9.17, 15) is 14.7 Å². The fourth-order valence-electron chi connectivity index (χ4n) is 2.88. The van der Waals surface area contributed by atoms with Gasteiger partial charge in [-0.15, -0.1) is 0 Å². The zero-order chi connectivity index (χ0) is 22.0. The highest BCUT2D eigenvalue weighted by atomic mass is 16.6. The molecule has 2 rings (SSSR count). The minimum Gasteiger partial charge on any atom is -0.480 e. The summed E-state index contributed by atoms with van der Waals surface area (Å²) in [6.45, 7) is 7.07. The van der Waals surface area contributed by atoms with Crippen molar-refractivity contribution in [2.24, 2.45) is 0 Å². The van der Waals surface area contributed by atoms with Crippen molar-refractivity contribution >= 4 is 12.1 Å². The summed E-state index contributed by atoms with van der Waals surface area (Å²) in [6.07, 6.45) is 3.63. The van der Waals surface area contributed by atoms with Gasteiger partial charge in [-0.25, -0.2) is 9.59 Å². The summed E-state index contributed by atoms with van der Waals surface area (Å²) >= 11 is 0. The summed E-state index contributed by atoms with van der Waals surface area (Å²) in [7, 11) is 0. The monoisotopic (exact) mass is 414 g/mol. The Kier molecular flexibility index (Phi) is 8.73. The smallest absolute Gasteiger partial charge is 0.408 e. The van der Waals surface area contributed by atoms with Gasteiger partial charge in [0.1, 0.15) is 11.6 Å². The molecule has 0 fully saturated rings. The van der Waals surface area contributed by atoms with Gasteiger partial charge in [0, 0.05) is 25.5 Å². The van der Waals surface area contributed by atoms with Crippen molar-refractivity contribution in [2.75, 3.05) is 6.54 Å². The van der Waals surface area contributed by atoms with E-state index in [1.165, 1.54) is 0 Å². The van der Waals surface area contributed by atoms with Crippen LogP contribution in [0.4, 0.5) is 4.79 Å². The molecule has 2 N–H and O–H groups in total. The van der Waals surface area contributed by atoms with Gasteiger partial charge in [0.2, 0.25) is 0 Å². The van der Waals surface area contributed by atoms with Crippen LogP contribution in [0.2, 0.25) is 0 Å². The Labute approximate surface area is 177 Å². The third kappa shape index (κ3) is 9.00. The molecule has 0 unspecified atom stereocenters. The third-order valence-corrected chi connectivity index (χ3v) is 4.18. The number of aliphatic carboxylic acids is 1. The van der Waals surface area contributed by atoms with Crippen molar-refractivity contribution in [2.45, 2.75) is 58.3 Å². The van der Waals surface area contributed by atoms with E-state index in [-0.39, 0.29) is 6.42 Å². The lowest BCUT2D eigenvalue weighted by molar-refractivity contribution is -0.139. The number of amides is 1. The highest BCUT2D eigenvalue weighted by Gasteiger charge is 2.24. The van der Waals surface area contributed by atoms with E-state index in [1.54, 1.807) is 33.2 Å². The Hall–Kier alpha value is -3.00. The molecule has 0 aliphatic carbocycles. The lowest BCUT2D eigenvalue weighted by Gasteiger charge is -2.24. The Morgan fingerprint density at radius 1 is 1.07 bits per heavy atom. The molecule has 2 aromatic rings. The van der Waals surface area contributed by atoms with Gasteiger partial charge < -0.3 is 15.2 Å². The molecule has 1 atom stereocenters. The summed E-state index contributed by atoms with van der Waals surface area (Å²) in [4.78, 5) is 34.4. The van der Waals surface area contributed by atoms with E-state index in [0.717, 1.165) is 11.4 Å². The quantitative estimate of drug-likeness (QED) is 0.615. The van der Waals surface area contributed by atoms with Crippen LogP contribution in [-0.2, 0) is 22.6 Å². The predicted octanol–water partition coefficient (Wildman–Crippen LogP) is 3.24. The number of carbonyl (C=O) groups is 2. The van der Waals surface area contributed by atoms with Crippen LogP contribution in [0.5, 0.6) is 0 Å². The van der Waals surface area contributed by atoms with Crippen LogP contribution in [0.25, 0.3) is 0 Å². The van der Waals surface area contributed by atoms with Crippen molar-refractivity contribution in [3.8, 4) is 0 Å². The van der Waals surface area contributed by atoms with E-state index in [0.29, 0.717) is 26.1 Å². The minimum atomic E-state index is -1.08. The van der Waals surface area contributed by atoms with Gasteiger partial charge in [-0.3, -0.25) is 14.9 Å². The lowest BCUT2D eigenvalue weighted by Crippen LogP contribution is -2.43. The first-order valence-corrected chi connectivity index (χ1v) is 9.97. The van der Waals surface area contributed by atoms with Gasteiger partial charge >= 0.3 is 12.1 Å². The van der Waals surface area contributed by atoms with Crippen molar-refractivity contribution < 1.29 is 19.4 Å². The number of alkyl carbamates (subject to hydrolysis) is 1. The minimum absolute atomic E-state index is 0.287. The standard InChI is InChI=1S/C22H30N4O4/c1-22(2,3)30-21(29)25-19(20(27)28)11-8-14-26(15-17-9-4-6-12-23-17)16-18-10-5-7-13-24-18/h4-7,9-10,12-13,19H,8,11,14-16H2,1-3H3,(H,25,29)(H,27,28)/t19-/m0/s1. The molecule has 0 saturated carbocycles. The largest absolute Gasteiger partial charge is 0.480 e. The van der Waals surface area contributed by atoms with E-state index >= 15 is 0 Å². The molecule has 0 saturated heterocycles. The number of carbonyl (C=O) groups excluding carboxylic acids is 1. The molecule has 0 aliphatic heterocycles. The average Bonchev–Trinajstić information content (AvgIpc) is 2.67. The lowest BCUT2D eigenvalue weighted by atomic mass is 10.1. The first-order chi connectivity index (χ1) is 14.2. The first-order valence-electron chi connectivity index (χ1n) is 9.97. The number of ether oxygens (including phenoxy) is 1. The molecule has 0 aromatic carbocycles. The van der Waals surface area contributed by atoms with Gasteiger partial charge in [0.05, 0.1) is 11.4 Å². The first kappa shape index (κ1) is 23.3. The number of carboxylic acid groups (broad SMARTS) is 1. The molecule has 0 spiro atoms. The second kappa shape index (κ2) is 11.3. The van der Waals surface area contributed by atoms with Crippen LogP contribution in [0.15, 0.2) is 48.8 Å². The summed E-state index contributed by atoms with van der Waals surface area (Å²) in [6, 6.07) is 10.5. The van der Waals surface area contributed by atoms with Crippen molar-refractivity contribution in [3.63, 3.8) is 0 Å². The average molecular weight is 415 g/mol. The topological polar surface area (TPSA) is 105 Å². The number of carboxylic acids is 1. The van der Waals surface area contributed by atoms with Crippen molar-refractivity contribution in [1.82, 2.24) is 20.2 Å². The van der Waals surface area contributed by atoms with E-state index in [2.05, 4.69) is 20.2 Å². The van der Waals surface area contributed by atoms with Gasteiger partial charge in [-0.05, 0) is 64.4 Å². The van der Waals surface area contributed by atoms with Crippen LogP contribution < -0.4 is 5.32 Å². The number of hydrogen-bond acceptors (Lipinski definition) is 6. The zero-order valence-electron chi connectivity index (χ0n) is 17.7. The van der Waals surface area contributed by atoms with Crippen molar-refractivity contribution in [1.29, 1.82) is 0 Å². The second-order valence-corrected chi connectivity index (χ2v) is 8.03. The normalized spacial score (nSPS) is 12.4. The highest BCUT2D eigenvalue weighted by Crippen LogP contribution is 2.11. The molecular formula is C22H30N4O4. The molecule has 162 valence electrons. The molecule has 8 heteroatoms. The number of aromatic nitrogens is 2. The number of rotatable bonds is 10. The molecule has 8 nitrogen and oxygen atoms in total. The summed E-state index contributed by atoms with van der Waals surface area (Å²) in [5, 5.41) is 11.9. The number of nitrogens with zero attached hydrogens (tertiary/aromatic N) is 3. The zero-order valence-corrected chi connectivity index (χ0v) is 17.7. The van der Waals surface area contributed by atoms with Crippen molar-refractivity contribution in [3.05, 3.63) is 60.2 Å². The van der Waals surface area contributed by atoms with Crippen LogP contribution >= 0.6 is 0 Å². The molecule has 2 heterocycles. The summed E-state index contributed by atoms with van der Waals surface area (Å²) in [5.41, 5.74) is 1.17. The summed E-state index contributed by atoms with van der Waals surface area (Å²) < 4.78 is 5.16. The van der Waals surface area contributed by atoms with Gasteiger partial charge in [0.25, 0.3) is 0 Å². The molecular weight excluding hydrogens is 384 g/mol. The fourth-order valence-corrected chi connectivity index (χ4v) is 2.88. The number of pyridine rings is 2. The van der Waals surface area contributed by atoms with Gasteiger partial charge in [0.15, 0.2) is 0 Å². The number of nitrogens with one attached hydrogen (secondary N) is 1. The SMILES string of the molecule is CC(C)(C)OC(=O)N[C@@H](CCCN(Cc1ccccn1)Cc1ccccn1)C(=O)O. The van der Waals surface area contributed by atoms with E-state index in [4.69, 9.17) is 4.74 Å². The Morgan fingerprint density at radius 2 is 1.63 bits per heavy atom. The molecule has 30 heavy (non-hydrogen) atoms. The molecule has 2 aromatic heterocycles. The van der Waals surface area contributed by atoms with Crippen LogP contribution in [0.1, 0.15) is 45.0 Å². The van der Waals surface area contributed by atoms with Crippen LogP contribution in [-0.4, -0.2) is 50.2 Å². The fraction of sp³-hybridized carbons (Fsp3) is 0.455. The maximum Gasteiger partial charge on any atom is 0.408 e. The Morgan fingerprint density at radius 3 is 2.07 bits per heavy atom. The Balaban J connectivity index is 1.95. The molecule has 1 amide bonds. The van der Waals surface area contributed by atoms with Crippen LogP contribution in [0.3, 0.4) is 0 Å². The maximum atomic E-state index is 11.9. The molecule has 0 bridgehead atoms.